The van der Waals surface area contributed by atoms with Gasteiger partial charge in [-0.3, -0.25) is 4.79 Å². The molecule has 0 radical (unpaired) electrons. The average Bonchev–Trinajstić information content (AvgIpc) is 2.98. The molecule has 0 aliphatic rings. The molecule has 2 heterocycles. The fourth-order valence-corrected chi connectivity index (χ4v) is 1.85. The number of aromatic nitrogens is 2. The van der Waals surface area contributed by atoms with Gasteiger partial charge >= 0.3 is 0 Å². The Bertz CT molecular complexity index is 594. The van der Waals surface area contributed by atoms with E-state index in [9.17, 15) is 4.79 Å². The van der Waals surface area contributed by atoms with Crippen LogP contribution in [0.2, 0.25) is 0 Å². The van der Waals surface area contributed by atoms with Gasteiger partial charge in [-0.15, -0.1) is 0 Å². The smallest absolute Gasteiger partial charge is 0.251 e. The highest BCUT2D eigenvalue weighted by Gasteiger charge is 2.12. The van der Waals surface area contributed by atoms with Gasteiger partial charge in [-0.05, 0) is 25.0 Å². The third-order valence-corrected chi connectivity index (χ3v) is 2.98. The summed E-state index contributed by atoms with van der Waals surface area (Å²) in [5.41, 5.74) is 2.17. The lowest BCUT2D eigenvalue weighted by Crippen LogP contribution is -2.23. The molecule has 0 unspecified atom stereocenters. The first-order chi connectivity index (χ1) is 10.1. The van der Waals surface area contributed by atoms with Gasteiger partial charge in [-0.2, -0.15) is 0 Å². The van der Waals surface area contributed by atoms with Gasteiger partial charge in [0.2, 0.25) is 0 Å². The summed E-state index contributed by atoms with van der Waals surface area (Å²) in [6.45, 7) is 7.19. The van der Waals surface area contributed by atoms with Gasteiger partial charge in [0.25, 0.3) is 5.91 Å². The van der Waals surface area contributed by atoms with E-state index in [0.717, 1.165) is 18.1 Å². The summed E-state index contributed by atoms with van der Waals surface area (Å²) >= 11 is 0. The van der Waals surface area contributed by atoms with E-state index >= 15 is 0 Å². The molecular formula is C15H20N4O2. The number of hydrogen-bond acceptors (Lipinski definition) is 5. The normalized spacial score (nSPS) is 10.7. The van der Waals surface area contributed by atoms with Crippen molar-refractivity contribution in [2.75, 3.05) is 11.9 Å². The van der Waals surface area contributed by atoms with Crippen LogP contribution in [0.3, 0.4) is 0 Å². The lowest BCUT2D eigenvalue weighted by atomic mass is 10.1. The van der Waals surface area contributed by atoms with E-state index in [-0.39, 0.29) is 11.8 Å². The van der Waals surface area contributed by atoms with Gasteiger partial charge in [-0.1, -0.05) is 19.0 Å². The number of anilines is 1. The molecule has 0 saturated carbocycles. The third kappa shape index (κ3) is 4.05. The van der Waals surface area contributed by atoms with Crippen molar-refractivity contribution in [3.05, 3.63) is 41.4 Å². The number of hydrogen-bond donors (Lipinski definition) is 2. The molecule has 2 rings (SSSR count). The molecule has 0 saturated heterocycles. The topological polar surface area (TPSA) is 80.0 Å². The minimum absolute atomic E-state index is 0.151. The summed E-state index contributed by atoms with van der Waals surface area (Å²) in [4.78, 5) is 16.7. The largest absolute Gasteiger partial charge is 0.370 e. The van der Waals surface area contributed by atoms with Gasteiger partial charge in [0.15, 0.2) is 0 Å². The van der Waals surface area contributed by atoms with Crippen molar-refractivity contribution in [1.82, 2.24) is 15.5 Å². The van der Waals surface area contributed by atoms with Gasteiger partial charge in [0.05, 0.1) is 6.54 Å². The van der Waals surface area contributed by atoms with Crippen molar-refractivity contribution in [2.24, 2.45) is 0 Å². The molecule has 6 nitrogen and oxygen atoms in total. The van der Waals surface area contributed by atoms with Crippen LogP contribution >= 0.6 is 0 Å². The van der Waals surface area contributed by atoms with Crippen molar-refractivity contribution < 1.29 is 9.32 Å². The molecule has 2 aromatic heterocycles. The Labute approximate surface area is 123 Å². The van der Waals surface area contributed by atoms with E-state index < -0.39 is 0 Å². The zero-order valence-electron chi connectivity index (χ0n) is 12.5. The molecule has 0 aliphatic heterocycles. The van der Waals surface area contributed by atoms with Crippen LogP contribution in [0.5, 0.6) is 0 Å². The minimum atomic E-state index is -0.151. The maximum atomic E-state index is 12.2. The fraction of sp³-hybridized carbons (Fsp3) is 0.400. The van der Waals surface area contributed by atoms with E-state index in [1.807, 2.05) is 13.0 Å². The van der Waals surface area contributed by atoms with Crippen LogP contribution in [-0.4, -0.2) is 22.6 Å². The Hall–Kier alpha value is -2.37. The molecule has 0 atom stereocenters. The lowest BCUT2D eigenvalue weighted by Gasteiger charge is -2.11. The maximum absolute atomic E-state index is 12.2. The van der Waals surface area contributed by atoms with E-state index in [4.69, 9.17) is 4.52 Å². The molecule has 1 amide bonds. The van der Waals surface area contributed by atoms with Crippen LogP contribution in [-0.2, 0) is 6.54 Å². The fourth-order valence-electron chi connectivity index (χ4n) is 1.85. The van der Waals surface area contributed by atoms with Crippen LogP contribution in [0, 0.1) is 0 Å². The summed E-state index contributed by atoms with van der Waals surface area (Å²) in [5.74, 6) is 0.822. The van der Waals surface area contributed by atoms with Crippen molar-refractivity contribution in [1.29, 1.82) is 0 Å². The zero-order chi connectivity index (χ0) is 15.2. The van der Waals surface area contributed by atoms with Crippen LogP contribution < -0.4 is 10.6 Å². The van der Waals surface area contributed by atoms with Crippen LogP contribution in [0.4, 0.5) is 5.82 Å². The van der Waals surface area contributed by atoms with Crippen molar-refractivity contribution in [2.45, 2.75) is 33.2 Å². The summed E-state index contributed by atoms with van der Waals surface area (Å²) in [7, 11) is 0. The number of amides is 1. The minimum Gasteiger partial charge on any atom is -0.370 e. The number of pyridine rings is 1. The van der Waals surface area contributed by atoms with Crippen LogP contribution in [0.25, 0.3) is 0 Å². The average molecular weight is 288 g/mol. The Morgan fingerprint density at radius 2 is 2.19 bits per heavy atom. The van der Waals surface area contributed by atoms with Crippen molar-refractivity contribution in [3.63, 3.8) is 0 Å². The zero-order valence-corrected chi connectivity index (χ0v) is 12.5. The maximum Gasteiger partial charge on any atom is 0.251 e. The molecule has 112 valence electrons. The molecule has 0 aliphatic carbocycles. The number of carbonyl (C=O) groups excluding carboxylic acids is 1. The molecular weight excluding hydrogens is 268 g/mol. The highest BCUT2D eigenvalue weighted by molar-refractivity contribution is 5.95. The Morgan fingerprint density at radius 3 is 2.81 bits per heavy atom. The molecule has 0 aromatic carbocycles. The molecule has 0 bridgehead atoms. The Morgan fingerprint density at radius 1 is 1.38 bits per heavy atom. The molecule has 21 heavy (non-hydrogen) atoms. The standard InChI is InChI=1S/C15H20N4O2/c1-4-16-14-8-11(7-13(18-14)10(2)3)15(20)17-9-12-5-6-21-19-12/h5-8,10H,4,9H2,1-3H3,(H,16,18)(H,17,20). The van der Waals surface area contributed by atoms with E-state index in [1.54, 1.807) is 12.1 Å². The number of carbonyl (C=O) groups is 1. The highest BCUT2D eigenvalue weighted by atomic mass is 16.5. The monoisotopic (exact) mass is 288 g/mol. The summed E-state index contributed by atoms with van der Waals surface area (Å²) in [6.07, 6.45) is 1.48. The first kappa shape index (κ1) is 15.0. The van der Waals surface area contributed by atoms with Crippen LogP contribution in [0.1, 0.15) is 48.4 Å². The molecule has 0 fully saturated rings. The number of rotatable bonds is 6. The van der Waals surface area contributed by atoms with E-state index in [2.05, 4.69) is 34.6 Å². The SMILES string of the molecule is CCNc1cc(C(=O)NCc2ccon2)cc(C(C)C)n1. The number of nitrogens with zero attached hydrogens (tertiary/aromatic N) is 2. The van der Waals surface area contributed by atoms with E-state index in [1.165, 1.54) is 6.26 Å². The Kier molecular flexibility index (Phi) is 4.92. The Balaban J connectivity index is 2.14. The van der Waals surface area contributed by atoms with E-state index in [0.29, 0.717) is 17.8 Å². The predicted octanol–water partition coefficient (Wildman–Crippen LogP) is 2.55. The second kappa shape index (κ2) is 6.88. The van der Waals surface area contributed by atoms with Gasteiger partial charge in [0.1, 0.15) is 17.8 Å². The second-order valence-corrected chi connectivity index (χ2v) is 5.02. The molecule has 0 spiro atoms. The second-order valence-electron chi connectivity index (χ2n) is 5.02. The van der Waals surface area contributed by atoms with Crippen LogP contribution in [0.15, 0.2) is 29.0 Å². The predicted molar refractivity (Wildman–Crippen MR) is 80.2 cm³/mol. The number of nitrogens with one attached hydrogen (secondary N) is 2. The summed E-state index contributed by atoms with van der Waals surface area (Å²) in [6, 6.07) is 5.30. The van der Waals surface area contributed by atoms with Crippen molar-refractivity contribution in [3.8, 4) is 0 Å². The molecule has 6 heteroatoms. The summed E-state index contributed by atoms with van der Waals surface area (Å²) in [5, 5.41) is 9.73. The first-order valence-corrected chi connectivity index (χ1v) is 7.03. The quantitative estimate of drug-likeness (QED) is 0.854. The first-order valence-electron chi connectivity index (χ1n) is 7.03. The molecule has 2 N–H and O–H groups in total. The summed E-state index contributed by atoms with van der Waals surface area (Å²) < 4.78 is 4.73. The highest BCUT2D eigenvalue weighted by Crippen LogP contribution is 2.17. The van der Waals surface area contributed by atoms with Gasteiger partial charge < -0.3 is 15.2 Å². The van der Waals surface area contributed by atoms with Crippen molar-refractivity contribution >= 4 is 11.7 Å². The van der Waals surface area contributed by atoms with Gasteiger partial charge in [-0.25, -0.2) is 4.98 Å². The van der Waals surface area contributed by atoms with Gasteiger partial charge in [0, 0.05) is 23.9 Å². The molecule has 2 aromatic rings. The third-order valence-electron chi connectivity index (χ3n) is 2.98. The lowest BCUT2D eigenvalue weighted by molar-refractivity contribution is 0.0950.